The molecule has 0 aromatic carbocycles. The molecular formula is C12H31NSi2. The fraction of sp³-hybridized carbons (Fsp3) is 1.00. The average molecular weight is 246 g/mol. The maximum absolute atomic E-state index is 2.80. The zero-order valence-corrected chi connectivity index (χ0v) is 14.6. The van der Waals surface area contributed by atoms with E-state index in [1.54, 1.807) is 0 Å². The van der Waals surface area contributed by atoms with Crippen molar-refractivity contribution in [3.8, 4) is 0 Å². The van der Waals surface area contributed by atoms with Gasteiger partial charge in [0.2, 0.25) is 0 Å². The van der Waals surface area contributed by atoms with Crippen molar-refractivity contribution >= 4 is 17.8 Å². The molecule has 0 spiro atoms. The van der Waals surface area contributed by atoms with Crippen LogP contribution in [0.5, 0.6) is 0 Å². The monoisotopic (exact) mass is 245 g/mol. The predicted molar refractivity (Wildman–Crippen MR) is 78.0 cm³/mol. The van der Waals surface area contributed by atoms with Crippen molar-refractivity contribution in [2.24, 2.45) is 0 Å². The van der Waals surface area contributed by atoms with Crippen molar-refractivity contribution in [3.63, 3.8) is 0 Å². The molecule has 0 aromatic heterocycles. The van der Waals surface area contributed by atoms with E-state index in [2.05, 4.69) is 65.7 Å². The minimum Gasteiger partial charge on any atom is -0.322 e. The average Bonchev–Trinajstić information content (AvgIpc) is 2.01. The maximum atomic E-state index is 2.80. The molecule has 0 aliphatic heterocycles. The lowest BCUT2D eigenvalue weighted by molar-refractivity contribution is 0.297. The van der Waals surface area contributed by atoms with Gasteiger partial charge >= 0.3 is 0 Å². The quantitative estimate of drug-likeness (QED) is 0.672. The number of hydrogen-bond acceptors (Lipinski definition) is 1. The van der Waals surface area contributed by atoms with Crippen LogP contribution in [0.2, 0.25) is 24.3 Å². The zero-order chi connectivity index (χ0) is 12.4. The van der Waals surface area contributed by atoms with E-state index in [0.717, 1.165) is 0 Å². The highest BCUT2D eigenvalue weighted by Gasteiger charge is 2.37. The van der Waals surface area contributed by atoms with Crippen LogP contribution >= 0.6 is 0 Å². The van der Waals surface area contributed by atoms with E-state index >= 15 is 0 Å². The van der Waals surface area contributed by atoms with Crippen molar-refractivity contribution in [3.05, 3.63) is 0 Å². The molecule has 0 rings (SSSR count). The standard InChI is InChI=1S/C12H31NSi2/c1-10(2)13(11(3)4)15(9)12(5,6)14(7)8/h10-11,14-15H,1-9H3. The van der Waals surface area contributed by atoms with Crippen LogP contribution < -0.4 is 0 Å². The van der Waals surface area contributed by atoms with E-state index in [4.69, 9.17) is 0 Å². The van der Waals surface area contributed by atoms with Gasteiger partial charge in [-0.2, -0.15) is 0 Å². The summed E-state index contributed by atoms with van der Waals surface area (Å²) in [5.41, 5.74) is 0. The predicted octanol–water partition coefficient (Wildman–Crippen LogP) is 3.26. The van der Waals surface area contributed by atoms with Gasteiger partial charge in [-0.25, -0.2) is 0 Å². The third kappa shape index (κ3) is 3.72. The summed E-state index contributed by atoms with van der Waals surface area (Å²) < 4.78 is 3.45. The fourth-order valence-corrected chi connectivity index (χ4v) is 9.29. The number of hydrogen-bond donors (Lipinski definition) is 0. The van der Waals surface area contributed by atoms with Gasteiger partial charge in [-0.05, 0) is 16.7 Å². The van der Waals surface area contributed by atoms with E-state index < -0.39 is 17.8 Å². The summed E-state index contributed by atoms with van der Waals surface area (Å²) in [6.45, 7) is 22.0. The summed E-state index contributed by atoms with van der Waals surface area (Å²) in [6, 6.07) is 1.41. The van der Waals surface area contributed by atoms with Gasteiger partial charge in [0.15, 0.2) is 0 Å². The van der Waals surface area contributed by atoms with E-state index in [0.29, 0.717) is 16.7 Å². The molecule has 0 aliphatic carbocycles. The highest BCUT2D eigenvalue weighted by molar-refractivity contribution is 6.79. The minimum absolute atomic E-state index is 0.556. The first-order chi connectivity index (χ1) is 6.62. The Morgan fingerprint density at radius 2 is 1.20 bits per heavy atom. The highest BCUT2D eigenvalue weighted by atomic mass is 28.3. The lowest BCUT2D eigenvalue weighted by atomic mass is 10.3. The highest BCUT2D eigenvalue weighted by Crippen LogP contribution is 2.34. The van der Waals surface area contributed by atoms with Crippen LogP contribution in [-0.4, -0.2) is 34.4 Å². The van der Waals surface area contributed by atoms with Crippen LogP contribution in [0, 0.1) is 0 Å². The molecule has 0 aromatic rings. The molecule has 1 unspecified atom stereocenters. The molecular weight excluding hydrogens is 214 g/mol. The molecule has 0 aliphatic rings. The molecule has 0 amide bonds. The summed E-state index contributed by atoms with van der Waals surface area (Å²) in [5, 5.41) is 0. The SMILES string of the molecule is CC(C)N(C(C)C)[SiH](C)C(C)(C)[SiH](C)C. The summed E-state index contributed by atoms with van der Waals surface area (Å²) in [6.07, 6.45) is 0. The first-order valence-electron chi connectivity index (χ1n) is 6.39. The van der Waals surface area contributed by atoms with E-state index in [1.807, 2.05) is 0 Å². The van der Waals surface area contributed by atoms with Crippen LogP contribution in [0.25, 0.3) is 0 Å². The Kier molecular flexibility index (Phi) is 5.79. The van der Waals surface area contributed by atoms with E-state index in [9.17, 15) is 0 Å². The topological polar surface area (TPSA) is 3.24 Å². The molecule has 15 heavy (non-hydrogen) atoms. The van der Waals surface area contributed by atoms with Gasteiger partial charge in [-0.15, -0.1) is 0 Å². The zero-order valence-electron chi connectivity index (χ0n) is 12.3. The summed E-state index contributed by atoms with van der Waals surface area (Å²) in [4.78, 5) is 0. The van der Waals surface area contributed by atoms with Crippen LogP contribution in [0.4, 0.5) is 0 Å². The first kappa shape index (κ1) is 15.4. The molecule has 0 saturated heterocycles. The molecule has 92 valence electrons. The molecule has 0 N–H and O–H groups in total. The second-order valence-electron chi connectivity index (χ2n) is 6.29. The van der Waals surface area contributed by atoms with Gasteiger partial charge in [0.05, 0.1) is 0 Å². The Bertz CT molecular complexity index is 180. The van der Waals surface area contributed by atoms with Gasteiger partial charge in [0, 0.05) is 8.80 Å². The Labute approximate surface area is 101 Å². The van der Waals surface area contributed by atoms with Crippen molar-refractivity contribution in [1.29, 1.82) is 0 Å². The minimum atomic E-state index is -0.805. The van der Waals surface area contributed by atoms with Gasteiger partial charge < -0.3 is 4.57 Å². The molecule has 0 bridgehead atoms. The fourth-order valence-electron chi connectivity index (χ4n) is 2.36. The maximum Gasteiger partial charge on any atom is 0.112 e. The Morgan fingerprint density at radius 3 is 1.40 bits per heavy atom. The van der Waals surface area contributed by atoms with Crippen LogP contribution in [0.3, 0.4) is 0 Å². The van der Waals surface area contributed by atoms with Gasteiger partial charge in [-0.3, -0.25) is 0 Å². The van der Waals surface area contributed by atoms with Crippen molar-refractivity contribution in [1.82, 2.24) is 4.57 Å². The first-order valence-corrected chi connectivity index (χ1v) is 11.5. The molecule has 0 fully saturated rings. The molecule has 1 atom stereocenters. The number of rotatable bonds is 5. The molecule has 0 radical (unpaired) electrons. The summed E-state index contributed by atoms with van der Waals surface area (Å²) in [7, 11) is -1.36. The van der Waals surface area contributed by atoms with Crippen molar-refractivity contribution in [2.75, 3.05) is 0 Å². The van der Waals surface area contributed by atoms with Crippen molar-refractivity contribution < 1.29 is 0 Å². The van der Waals surface area contributed by atoms with E-state index in [1.165, 1.54) is 0 Å². The Hall–Kier alpha value is 0.394. The normalized spacial score (nSPS) is 15.8. The molecule has 0 heterocycles. The molecule has 1 nitrogen and oxygen atoms in total. The van der Waals surface area contributed by atoms with E-state index in [-0.39, 0.29) is 0 Å². The molecule has 3 heteroatoms. The van der Waals surface area contributed by atoms with Crippen LogP contribution in [0.1, 0.15) is 41.5 Å². The van der Waals surface area contributed by atoms with Gasteiger partial charge in [-0.1, -0.05) is 61.2 Å². The Balaban J connectivity index is 4.86. The number of nitrogens with zero attached hydrogens (tertiary/aromatic N) is 1. The molecule has 0 saturated carbocycles. The third-order valence-corrected chi connectivity index (χ3v) is 14.9. The summed E-state index contributed by atoms with van der Waals surface area (Å²) in [5.74, 6) is 0. The van der Waals surface area contributed by atoms with Gasteiger partial charge in [0.1, 0.15) is 8.96 Å². The second-order valence-corrected chi connectivity index (χ2v) is 14.2. The largest absolute Gasteiger partial charge is 0.322 e. The lowest BCUT2D eigenvalue weighted by Crippen LogP contribution is -2.54. The van der Waals surface area contributed by atoms with Crippen LogP contribution in [0.15, 0.2) is 0 Å². The third-order valence-electron chi connectivity index (χ3n) is 4.20. The van der Waals surface area contributed by atoms with Crippen molar-refractivity contribution in [2.45, 2.75) is 77.9 Å². The Morgan fingerprint density at radius 1 is 0.867 bits per heavy atom. The summed E-state index contributed by atoms with van der Waals surface area (Å²) >= 11 is 0. The van der Waals surface area contributed by atoms with Gasteiger partial charge in [0.25, 0.3) is 0 Å². The lowest BCUT2D eigenvalue weighted by Gasteiger charge is -2.45. The van der Waals surface area contributed by atoms with Crippen LogP contribution in [-0.2, 0) is 0 Å². The smallest absolute Gasteiger partial charge is 0.112 e. The second kappa shape index (κ2) is 5.64.